The molecule has 0 radical (unpaired) electrons. The van der Waals surface area contributed by atoms with Gasteiger partial charge < -0.3 is 20.3 Å². The number of alkyl halides is 3. The second kappa shape index (κ2) is 9.18. The van der Waals surface area contributed by atoms with Gasteiger partial charge in [0.2, 0.25) is 0 Å². The van der Waals surface area contributed by atoms with Gasteiger partial charge in [0.1, 0.15) is 0 Å². The molecule has 6 nitrogen and oxygen atoms in total. The molecule has 2 rings (SSSR count). The molecule has 3 N–H and O–H groups in total. The van der Waals surface area contributed by atoms with Crippen molar-refractivity contribution in [3.05, 3.63) is 41.1 Å². The van der Waals surface area contributed by atoms with E-state index in [0.717, 1.165) is 12.1 Å². The molecule has 1 aromatic carbocycles. The summed E-state index contributed by atoms with van der Waals surface area (Å²) >= 11 is 0. The lowest BCUT2D eigenvalue weighted by molar-refractivity contribution is -0.137. The summed E-state index contributed by atoms with van der Waals surface area (Å²) in [5.74, 6) is -0.0283. The van der Waals surface area contributed by atoms with E-state index in [0.29, 0.717) is 11.1 Å². The minimum absolute atomic E-state index is 0.0562. The number of hydrogen-bond donors (Lipinski definition) is 3. The average molecular weight is 427 g/mol. The number of nitrogens with zero attached hydrogens (tertiary/aromatic N) is 1. The number of carbonyl (C=O) groups is 1. The maximum Gasteiger partial charge on any atom is 0.416 e. The van der Waals surface area contributed by atoms with Crippen LogP contribution in [0, 0.1) is 5.92 Å². The molecule has 0 aliphatic rings. The molecule has 0 unspecified atom stereocenters. The molecule has 1 heterocycles. The van der Waals surface area contributed by atoms with Crippen LogP contribution in [-0.2, 0) is 12.7 Å². The third-order valence-electron chi connectivity index (χ3n) is 4.70. The van der Waals surface area contributed by atoms with Crippen LogP contribution in [0.1, 0.15) is 56.2 Å². The van der Waals surface area contributed by atoms with Crippen molar-refractivity contribution in [1.82, 2.24) is 15.8 Å². The van der Waals surface area contributed by atoms with Crippen molar-refractivity contribution >= 4 is 5.91 Å². The van der Waals surface area contributed by atoms with E-state index in [9.17, 15) is 23.1 Å². The summed E-state index contributed by atoms with van der Waals surface area (Å²) in [5.41, 5.74) is -0.934. The fourth-order valence-corrected chi connectivity index (χ4v) is 2.62. The van der Waals surface area contributed by atoms with Crippen LogP contribution in [0.3, 0.4) is 0 Å². The van der Waals surface area contributed by atoms with E-state index in [1.165, 1.54) is 12.1 Å². The van der Waals surface area contributed by atoms with Gasteiger partial charge in [0.25, 0.3) is 5.91 Å². The van der Waals surface area contributed by atoms with Gasteiger partial charge in [-0.2, -0.15) is 13.2 Å². The quantitative estimate of drug-likeness (QED) is 0.593. The van der Waals surface area contributed by atoms with E-state index >= 15 is 0 Å². The number of hydrogen-bond acceptors (Lipinski definition) is 5. The number of nitrogens with one attached hydrogen (secondary N) is 2. The summed E-state index contributed by atoms with van der Waals surface area (Å²) in [6, 6.07) is 4.35. The summed E-state index contributed by atoms with van der Waals surface area (Å²) in [4.78, 5) is 12.7. The third-order valence-corrected chi connectivity index (χ3v) is 4.70. The minimum atomic E-state index is -4.45. The van der Waals surface area contributed by atoms with E-state index in [1.54, 1.807) is 13.8 Å². The molecule has 1 atom stereocenters. The molecule has 2 aromatic rings. The minimum Gasteiger partial charge on any atom is -0.389 e. The summed E-state index contributed by atoms with van der Waals surface area (Å²) in [7, 11) is 0. The highest BCUT2D eigenvalue weighted by molar-refractivity contribution is 5.95. The Morgan fingerprint density at radius 2 is 1.77 bits per heavy atom. The molecular formula is C21H28F3N3O3. The SMILES string of the molecule is CC(C)[C@H](C)NC(=O)c1noc(-c2ccc(C(F)(F)F)cc2)c1CNCC(C)(C)O. The molecule has 0 aliphatic heterocycles. The Bertz CT molecular complexity index is 853. The van der Waals surface area contributed by atoms with Gasteiger partial charge in [0.05, 0.1) is 11.2 Å². The first-order chi connectivity index (χ1) is 13.8. The highest BCUT2D eigenvalue weighted by Gasteiger charge is 2.31. The van der Waals surface area contributed by atoms with Crippen LogP contribution in [0.5, 0.6) is 0 Å². The maximum atomic E-state index is 12.9. The third kappa shape index (κ3) is 6.30. The first kappa shape index (κ1) is 23.9. The maximum absolute atomic E-state index is 12.9. The van der Waals surface area contributed by atoms with Crippen molar-refractivity contribution in [3.8, 4) is 11.3 Å². The number of rotatable bonds is 8. The molecule has 0 saturated heterocycles. The van der Waals surface area contributed by atoms with Crippen LogP contribution in [0.2, 0.25) is 0 Å². The summed E-state index contributed by atoms with van der Waals surface area (Å²) < 4.78 is 43.9. The number of benzene rings is 1. The van der Waals surface area contributed by atoms with Gasteiger partial charge in [0.15, 0.2) is 11.5 Å². The van der Waals surface area contributed by atoms with E-state index in [1.807, 2.05) is 20.8 Å². The Kier molecular flexibility index (Phi) is 7.31. The molecule has 1 aromatic heterocycles. The smallest absolute Gasteiger partial charge is 0.389 e. The molecular weight excluding hydrogens is 399 g/mol. The predicted molar refractivity (Wildman–Crippen MR) is 107 cm³/mol. The lowest BCUT2D eigenvalue weighted by Gasteiger charge is -2.18. The summed E-state index contributed by atoms with van der Waals surface area (Å²) in [6.45, 7) is 9.42. The fraction of sp³-hybridized carbons (Fsp3) is 0.524. The number of carbonyl (C=O) groups excluding carboxylic acids is 1. The van der Waals surface area contributed by atoms with Crippen LogP contribution >= 0.6 is 0 Å². The zero-order chi connectivity index (χ0) is 22.7. The molecule has 0 fully saturated rings. The summed E-state index contributed by atoms with van der Waals surface area (Å²) in [6.07, 6.45) is -4.45. The van der Waals surface area contributed by atoms with Gasteiger partial charge >= 0.3 is 6.18 Å². The van der Waals surface area contributed by atoms with Crippen LogP contribution in [0.4, 0.5) is 13.2 Å². The zero-order valence-electron chi connectivity index (χ0n) is 17.7. The van der Waals surface area contributed by atoms with Gasteiger partial charge in [-0.1, -0.05) is 31.1 Å². The topological polar surface area (TPSA) is 87.4 Å². The molecule has 0 aliphatic carbocycles. The molecule has 0 spiro atoms. The summed E-state index contributed by atoms with van der Waals surface area (Å²) in [5, 5.41) is 19.7. The lowest BCUT2D eigenvalue weighted by atomic mass is 10.0. The first-order valence-electron chi connectivity index (χ1n) is 9.69. The number of aliphatic hydroxyl groups is 1. The van der Waals surface area contributed by atoms with Crippen LogP contribution in [0.15, 0.2) is 28.8 Å². The van der Waals surface area contributed by atoms with Crippen molar-refractivity contribution in [2.45, 2.75) is 59.0 Å². The number of aromatic nitrogens is 1. The standard InChI is InChI=1S/C21H28F3N3O3/c1-12(2)13(3)26-19(28)17-16(10-25-11-20(4,5)29)18(30-27-17)14-6-8-15(9-7-14)21(22,23)24/h6-9,12-13,25,29H,10-11H2,1-5H3,(H,26,28)/t13-/m0/s1. The fourth-order valence-electron chi connectivity index (χ4n) is 2.62. The predicted octanol–water partition coefficient (Wildman–Crippen LogP) is 4.00. The van der Waals surface area contributed by atoms with Crippen molar-refractivity contribution < 1.29 is 27.6 Å². The van der Waals surface area contributed by atoms with Crippen LogP contribution in [0.25, 0.3) is 11.3 Å². The van der Waals surface area contributed by atoms with Gasteiger partial charge in [-0.15, -0.1) is 0 Å². The Morgan fingerprint density at radius 3 is 2.27 bits per heavy atom. The normalized spacial score (nSPS) is 13.5. The number of amides is 1. The van der Waals surface area contributed by atoms with Gasteiger partial charge in [-0.05, 0) is 38.8 Å². The van der Waals surface area contributed by atoms with E-state index < -0.39 is 23.2 Å². The average Bonchev–Trinajstić information content (AvgIpc) is 3.03. The van der Waals surface area contributed by atoms with Crippen LogP contribution < -0.4 is 10.6 Å². The van der Waals surface area contributed by atoms with Gasteiger partial charge in [-0.3, -0.25) is 4.79 Å². The molecule has 9 heteroatoms. The highest BCUT2D eigenvalue weighted by atomic mass is 19.4. The second-order valence-electron chi connectivity index (χ2n) is 8.34. The monoisotopic (exact) mass is 427 g/mol. The van der Waals surface area contributed by atoms with Crippen molar-refractivity contribution in [1.29, 1.82) is 0 Å². The Hall–Kier alpha value is -2.39. The van der Waals surface area contributed by atoms with Crippen molar-refractivity contribution in [3.63, 3.8) is 0 Å². The van der Waals surface area contributed by atoms with Crippen molar-refractivity contribution in [2.24, 2.45) is 5.92 Å². The van der Waals surface area contributed by atoms with Gasteiger partial charge in [0, 0.05) is 30.3 Å². The van der Waals surface area contributed by atoms with Gasteiger partial charge in [-0.25, -0.2) is 0 Å². The molecule has 0 bridgehead atoms. The molecule has 1 amide bonds. The first-order valence-corrected chi connectivity index (χ1v) is 9.69. The lowest BCUT2D eigenvalue weighted by Crippen LogP contribution is -2.37. The van der Waals surface area contributed by atoms with Crippen LogP contribution in [-0.4, -0.2) is 34.4 Å². The molecule has 0 saturated carbocycles. The van der Waals surface area contributed by atoms with E-state index in [4.69, 9.17) is 4.52 Å². The molecule has 166 valence electrons. The highest BCUT2D eigenvalue weighted by Crippen LogP contribution is 2.32. The second-order valence-corrected chi connectivity index (χ2v) is 8.34. The Balaban J connectivity index is 2.37. The number of halogens is 3. The van der Waals surface area contributed by atoms with E-state index in [-0.39, 0.29) is 36.5 Å². The molecule has 30 heavy (non-hydrogen) atoms. The zero-order valence-corrected chi connectivity index (χ0v) is 17.7. The van der Waals surface area contributed by atoms with Crippen molar-refractivity contribution in [2.75, 3.05) is 6.54 Å². The largest absolute Gasteiger partial charge is 0.416 e. The van der Waals surface area contributed by atoms with E-state index in [2.05, 4.69) is 15.8 Å². The Morgan fingerprint density at radius 1 is 1.17 bits per heavy atom. The Labute approximate surface area is 173 Å².